The molecule has 0 saturated carbocycles. The number of nitrogens with one attached hydrogen (secondary N) is 2. The summed E-state index contributed by atoms with van der Waals surface area (Å²) in [6.45, 7) is 10.1. The van der Waals surface area contributed by atoms with Gasteiger partial charge in [-0.05, 0) is 51.2 Å². The van der Waals surface area contributed by atoms with E-state index in [1.54, 1.807) is 11.3 Å². The topological polar surface area (TPSA) is 54.9 Å². The quantitative estimate of drug-likeness (QED) is 0.245. The molecule has 7 heteroatoms. The van der Waals surface area contributed by atoms with Crippen molar-refractivity contribution in [2.45, 2.75) is 39.7 Å². The van der Waals surface area contributed by atoms with Gasteiger partial charge >= 0.3 is 0 Å². The van der Waals surface area contributed by atoms with Crippen LogP contribution in [0.15, 0.2) is 17.1 Å². The first kappa shape index (κ1) is 22.7. The molecule has 1 saturated heterocycles. The molecule has 1 aromatic heterocycles. The number of halogens is 1. The van der Waals surface area contributed by atoms with Gasteiger partial charge in [-0.2, -0.15) is 0 Å². The first-order valence-electron chi connectivity index (χ1n) is 9.01. The number of nitrogens with zero attached hydrogens (tertiary/aromatic N) is 1. The van der Waals surface area contributed by atoms with E-state index in [2.05, 4.69) is 41.6 Å². The molecule has 0 amide bonds. The minimum Gasteiger partial charge on any atom is -0.381 e. The Kier molecular flexibility index (Phi) is 12.5. The van der Waals surface area contributed by atoms with E-state index >= 15 is 0 Å². The highest BCUT2D eigenvalue weighted by Gasteiger charge is 2.13. The Hall–Kier alpha value is -0.380. The fraction of sp³-hybridized carbons (Fsp3) is 0.722. The number of aliphatic imine (C=N–C) groups is 1. The first-order chi connectivity index (χ1) is 11.8. The van der Waals surface area contributed by atoms with Crippen molar-refractivity contribution in [3.8, 4) is 0 Å². The standard InChI is InChI=1S/C18H31N3O2S.HI/c1-3-19-18(21-13-17-6-5-15(2)24-17)20-9-4-10-23-14-16-7-11-22-12-8-16;/h5-6,16H,3-4,7-14H2,1-2H3,(H2,19,20,21);1H. The summed E-state index contributed by atoms with van der Waals surface area (Å²) in [6, 6.07) is 4.29. The highest BCUT2D eigenvalue weighted by molar-refractivity contribution is 14.0. The fourth-order valence-corrected chi connectivity index (χ4v) is 3.43. The van der Waals surface area contributed by atoms with Crippen LogP contribution < -0.4 is 10.6 Å². The van der Waals surface area contributed by atoms with E-state index in [-0.39, 0.29) is 24.0 Å². The molecule has 2 N–H and O–H groups in total. The number of rotatable bonds is 9. The zero-order valence-electron chi connectivity index (χ0n) is 15.4. The molecule has 2 heterocycles. The van der Waals surface area contributed by atoms with Gasteiger partial charge in [-0.25, -0.2) is 4.99 Å². The average Bonchev–Trinajstić information content (AvgIpc) is 3.02. The lowest BCUT2D eigenvalue weighted by atomic mass is 10.0. The van der Waals surface area contributed by atoms with E-state index < -0.39 is 0 Å². The van der Waals surface area contributed by atoms with E-state index in [0.29, 0.717) is 5.92 Å². The van der Waals surface area contributed by atoms with E-state index in [1.807, 2.05) is 0 Å². The Morgan fingerprint density at radius 1 is 1.32 bits per heavy atom. The van der Waals surface area contributed by atoms with Crippen molar-refractivity contribution >= 4 is 41.3 Å². The normalized spacial score (nSPS) is 15.7. The molecule has 144 valence electrons. The maximum atomic E-state index is 5.79. The van der Waals surface area contributed by atoms with Crippen molar-refractivity contribution in [1.29, 1.82) is 0 Å². The third kappa shape index (κ3) is 9.77. The molecule has 1 aromatic rings. The van der Waals surface area contributed by atoms with E-state index in [4.69, 9.17) is 9.47 Å². The molecular formula is C18H32IN3O2S. The van der Waals surface area contributed by atoms with Gasteiger partial charge in [0.1, 0.15) is 0 Å². The van der Waals surface area contributed by atoms with Crippen LogP contribution in [0.1, 0.15) is 35.9 Å². The summed E-state index contributed by atoms with van der Waals surface area (Å²) >= 11 is 1.80. The van der Waals surface area contributed by atoms with Crippen molar-refractivity contribution in [3.63, 3.8) is 0 Å². The monoisotopic (exact) mass is 481 g/mol. The number of aryl methyl sites for hydroxylation is 1. The molecule has 0 aliphatic carbocycles. The number of ether oxygens (including phenoxy) is 2. The highest BCUT2D eigenvalue weighted by Crippen LogP contribution is 2.16. The summed E-state index contributed by atoms with van der Waals surface area (Å²) in [5.74, 6) is 1.56. The summed E-state index contributed by atoms with van der Waals surface area (Å²) in [4.78, 5) is 7.27. The van der Waals surface area contributed by atoms with Crippen LogP contribution in [-0.2, 0) is 16.0 Å². The molecule has 25 heavy (non-hydrogen) atoms. The second kappa shape index (κ2) is 13.8. The molecular weight excluding hydrogens is 449 g/mol. The molecule has 0 radical (unpaired) electrons. The van der Waals surface area contributed by atoms with Crippen molar-refractivity contribution in [2.75, 3.05) is 39.5 Å². The Bertz CT molecular complexity index is 490. The van der Waals surface area contributed by atoms with Gasteiger partial charge in [-0.3, -0.25) is 0 Å². The largest absolute Gasteiger partial charge is 0.381 e. The Balaban J connectivity index is 0.00000312. The van der Waals surface area contributed by atoms with Crippen LogP contribution in [0, 0.1) is 12.8 Å². The third-order valence-electron chi connectivity index (χ3n) is 3.99. The van der Waals surface area contributed by atoms with E-state index in [1.165, 1.54) is 9.75 Å². The summed E-state index contributed by atoms with van der Waals surface area (Å²) < 4.78 is 11.2. The first-order valence-corrected chi connectivity index (χ1v) is 9.82. The number of hydrogen-bond donors (Lipinski definition) is 2. The predicted molar refractivity (Wildman–Crippen MR) is 116 cm³/mol. The molecule has 0 spiro atoms. The van der Waals surface area contributed by atoms with Crippen LogP contribution in [0.3, 0.4) is 0 Å². The van der Waals surface area contributed by atoms with Crippen LogP contribution in [0.4, 0.5) is 0 Å². The number of guanidine groups is 1. The fourth-order valence-electron chi connectivity index (χ4n) is 2.61. The minimum atomic E-state index is 0. The number of hydrogen-bond acceptors (Lipinski definition) is 4. The van der Waals surface area contributed by atoms with Gasteiger partial charge in [0, 0.05) is 49.3 Å². The van der Waals surface area contributed by atoms with Crippen LogP contribution in [0.25, 0.3) is 0 Å². The Morgan fingerprint density at radius 3 is 2.80 bits per heavy atom. The maximum Gasteiger partial charge on any atom is 0.191 e. The minimum absolute atomic E-state index is 0. The SMILES string of the molecule is CCNC(=NCc1ccc(C)s1)NCCCOCC1CCOCC1.I. The number of thiophene rings is 1. The average molecular weight is 481 g/mol. The summed E-state index contributed by atoms with van der Waals surface area (Å²) in [6.07, 6.45) is 3.26. The second-order valence-corrected chi connectivity index (χ2v) is 7.49. The zero-order chi connectivity index (χ0) is 17.0. The molecule has 2 rings (SSSR count). The van der Waals surface area contributed by atoms with E-state index in [9.17, 15) is 0 Å². The lowest BCUT2D eigenvalue weighted by Gasteiger charge is -2.21. The maximum absolute atomic E-state index is 5.79. The summed E-state index contributed by atoms with van der Waals surface area (Å²) in [7, 11) is 0. The zero-order valence-corrected chi connectivity index (χ0v) is 18.5. The third-order valence-corrected chi connectivity index (χ3v) is 4.97. The molecule has 1 aliphatic heterocycles. The van der Waals surface area contributed by atoms with Gasteiger partial charge in [0.05, 0.1) is 6.54 Å². The van der Waals surface area contributed by atoms with Crippen LogP contribution in [-0.4, -0.2) is 45.5 Å². The summed E-state index contributed by atoms with van der Waals surface area (Å²) in [5.41, 5.74) is 0. The molecule has 0 unspecified atom stereocenters. The van der Waals surface area contributed by atoms with Crippen molar-refractivity contribution in [2.24, 2.45) is 10.9 Å². The predicted octanol–water partition coefficient (Wildman–Crippen LogP) is 3.56. The van der Waals surface area contributed by atoms with Gasteiger partial charge in [0.15, 0.2) is 5.96 Å². The molecule has 1 fully saturated rings. The van der Waals surface area contributed by atoms with E-state index in [0.717, 1.165) is 71.3 Å². The molecule has 1 aliphatic rings. The highest BCUT2D eigenvalue weighted by atomic mass is 127. The van der Waals surface area contributed by atoms with Crippen molar-refractivity contribution in [1.82, 2.24) is 10.6 Å². The van der Waals surface area contributed by atoms with Crippen LogP contribution >= 0.6 is 35.3 Å². The Labute approximate surface area is 173 Å². The van der Waals surface area contributed by atoms with Gasteiger partial charge in [0.2, 0.25) is 0 Å². The summed E-state index contributed by atoms with van der Waals surface area (Å²) in [5, 5.41) is 6.67. The second-order valence-electron chi connectivity index (χ2n) is 6.12. The smallest absolute Gasteiger partial charge is 0.191 e. The van der Waals surface area contributed by atoms with Crippen molar-refractivity contribution < 1.29 is 9.47 Å². The lowest BCUT2D eigenvalue weighted by molar-refractivity contribution is 0.0203. The van der Waals surface area contributed by atoms with Gasteiger partial charge < -0.3 is 20.1 Å². The molecule has 0 bridgehead atoms. The van der Waals surface area contributed by atoms with Crippen LogP contribution in [0.2, 0.25) is 0 Å². The molecule has 5 nitrogen and oxygen atoms in total. The van der Waals surface area contributed by atoms with Crippen molar-refractivity contribution in [3.05, 3.63) is 21.9 Å². The van der Waals surface area contributed by atoms with Gasteiger partial charge in [-0.15, -0.1) is 35.3 Å². The van der Waals surface area contributed by atoms with Gasteiger partial charge in [0.25, 0.3) is 0 Å². The lowest BCUT2D eigenvalue weighted by Crippen LogP contribution is -2.38. The van der Waals surface area contributed by atoms with Gasteiger partial charge in [-0.1, -0.05) is 0 Å². The van der Waals surface area contributed by atoms with Crippen LogP contribution in [0.5, 0.6) is 0 Å². The molecule has 0 atom stereocenters. The molecule has 0 aromatic carbocycles. The Morgan fingerprint density at radius 2 is 2.12 bits per heavy atom.